The molecule has 1 atom stereocenters. The summed E-state index contributed by atoms with van der Waals surface area (Å²) in [5.74, 6) is -0.577. The summed E-state index contributed by atoms with van der Waals surface area (Å²) in [5, 5.41) is 5.43. The third-order valence-corrected chi connectivity index (χ3v) is 5.88. The van der Waals surface area contributed by atoms with Crippen LogP contribution in [0.5, 0.6) is 0 Å². The molecule has 0 unspecified atom stereocenters. The van der Waals surface area contributed by atoms with Crippen LogP contribution in [0.3, 0.4) is 0 Å². The minimum atomic E-state index is -3.74. The standard InChI is InChI=1S/C15H19N3O5S/c19-14-9-18(7-6-16-14)24(21,22)13-3-1-11(2-4-13)15(20)17-12-5-8-23-10-12/h1-4,12H,5-10H2,(H,16,19)(H,17,20)/t12-/m0/s1. The summed E-state index contributed by atoms with van der Waals surface area (Å²) in [6, 6.07) is 5.72. The second-order valence-electron chi connectivity index (χ2n) is 5.75. The molecule has 8 nitrogen and oxygen atoms in total. The van der Waals surface area contributed by atoms with E-state index >= 15 is 0 Å². The van der Waals surface area contributed by atoms with E-state index in [-0.39, 0.29) is 35.8 Å². The summed E-state index contributed by atoms with van der Waals surface area (Å²) in [7, 11) is -3.74. The highest BCUT2D eigenvalue weighted by atomic mass is 32.2. The van der Waals surface area contributed by atoms with Gasteiger partial charge >= 0.3 is 0 Å². The molecule has 2 saturated heterocycles. The van der Waals surface area contributed by atoms with Crippen molar-refractivity contribution in [2.75, 3.05) is 32.8 Å². The molecule has 2 aliphatic rings. The van der Waals surface area contributed by atoms with Gasteiger partial charge in [-0.1, -0.05) is 0 Å². The van der Waals surface area contributed by atoms with Gasteiger partial charge in [0.05, 0.1) is 24.1 Å². The highest BCUT2D eigenvalue weighted by Gasteiger charge is 2.29. The molecular formula is C15H19N3O5S. The maximum Gasteiger partial charge on any atom is 0.251 e. The number of hydrogen-bond acceptors (Lipinski definition) is 5. The minimum absolute atomic E-state index is 0.00669. The number of piperazine rings is 1. The monoisotopic (exact) mass is 353 g/mol. The molecule has 0 radical (unpaired) electrons. The fraction of sp³-hybridized carbons (Fsp3) is 0.467. The Morgan fingerprint density at radius 1 is 1.29 bits per heavy atom. The maximum absolute atomic E-state index is 12.5. The van der Waals surface area contributed by atoms with Gasteiger partial charge in [0.25, 0.3) is 5.91 Å². The van der Waals surface area contributed by atoms with E-state index in [2.05, 4.69) is 10.6 Å². The zero-order valence-corrected chi connectivity index (χ0v) is 13.8. The summed E-state index contributed by atoms with van der Waals surface area (Å²) < 4.78 is 31.4. The highest BCUT2D eigenvalue weighted by Crippen LogP contribution is 2.17. The predicted molar refractivity (Wildman–Crippen MR) is 84.9 cm³/mol. The van der Waals surface area contributed by atoms with Gasteiger partial charge in [0, 0.05) is 25.3 Å². The van der Waals surface area contributed by atoms with E-state index in [9.17, 15) is 18.0 Å². The first-order valence-corrected chi connectivity index (χ1v) is 9.16. The molecular weight excluding hydrogens is 334 g/mol. The van der Waals surface area contributed by atoms with Crippen LogP contribution in [0.1, 0.15) is 16.8 Å². The first-order valence-electron chi connectivity index (χ1n) is 7.72. The van der Waals surface area contributed by atoms with Gasteiger partial charge in [-0.05, 0) is 30.7 Å². The fourth-order valence-electron chi connectivity index (χ4n) is 2.66. The molecule has 1 aromatic rings. The van der Waals surface area contributed by atoms with Crippen LogP contribution in [-0.2, 0) is 19.6 Å². The van der Waals surface area contributed by atoms with Gasteiger partial charge in [-0.2, -0.15) is 4.31 Å². The molecule has 24 heavy (non-hydrogen) atoms. The van der Waals surface area contributed by atoms with Gasteiger partial charge in [0.15, 0.2) is 0 Å². The lowest BCUT2D eigenvalue weighted by Crippen LogP contribution is -2.49. The molecule has 1 aromatic carbocycles. The van der Waals surface area contributed by atoms with E-state index in [0.717, 1.165) is 10.7 Å². The van der Waals surface area contributed by atoms with Gasteiger partial charge in [-0.15, -0.1) is 0 Å². The SMILES string of the molecule is O=C1CN(S(=O)(=O)c2ccc(C(=O)N[C@H]3CCOC3)cc2)CCN1. The molecule has 0 aliphatic carbocycles. The lowest BCUT2D eigenvalue weighted by atomic mass is 10.2. The van der Waals surface area contributed by atoms with Crippen molar-refractivity contribution in [2.45, 2.75) is 17.4 Å². The second-order valence-corrected chi connectivity index (χ2v) is 7.68. The van der Waals surface area contributed by atoms with Crippen molar-refractivity contribution in [3.05, 3.63) is 29.8 Å². The van der Waals surface area contributed by atoms with Gasteiger partial charge < -0.3 is 15.4 Å². The molecule has 9 heteroatoms. The Morgan fingerprint density at radius 2 is 2.04 bits per heavy atom. The number of ether oxygens (including phenoxy) is 1. The van der Waals surface area contributed by atoms with E-state index in [1.807, 2.05) is 0 Å². The molecule has 130 valence electrons. The van der Waals surface area contributed by atoms with E-state index in [1.54, 1.807) is 0 Å². The minimum Gasteiger partial charge on any atom is -0.379 e. The topological polar surface area (TPSA) is 105 Å². The third-order valence-electron chi connectivity index (χ3n) is 4.02. The van der Waals surface area contributed by atoms with Crippen LogP contribution in [-0.4, -0.2) is 63.4 Å². The average molecular weight is 353 g/mol. The lowest BCUT2D eigenvalue weighted by Gasteiger charge is -2.25. The van der Waals surface area contributed by atoms with Gasteiger partial charge in [0.2, 0.25) is 15.9 Å². The van der Waals surface area contributed by atoms with Crippen LogP contribution >= 0.6 is 0 Å². The van der Waals surface area contributed by atoms with Crippen molar-refractivity contribution in [1.82, 2.24) is 14.9 Å². The number of sulfonamides is 1. The number of hydrogen-bond donors (Lipinski definition) is 2. The molecule has 2 amide bonds. The molecule has 0 spiro atoms. The molecule has 2 fully saturated rings. The Morgan fingerprint density at radius 3 is 2.67 bits per heavy atom. The average Bonchev–Trinajstić information content (AvgIpc) is 3.08. The molecule has 0 saturated carbocycles. The van der Waals surface area contributed by atoms with E-state index in [1.165, 1.54) is 24.3 Å². The van der Waals surface area contributed by atoms with Crippen molar-refractivity contribution in [1.29, 1.82) is 0 Å². The zero-order valence-electron chi connectivity index (χ0n) is 13.0. The Kier molecular flexibility index (Phi) is 4.83. The van der Waals surface area contributed by atoms with Gasteiger partial charge in [-0.25, -0.2) is 8.42 Å². The maximum atomic E-state index is 12.5. The van der Waals surface area contributed by atoms with E-state index in [0.29, 0.717) is 25.3 Å². The number of nitrogens with one attached hydrogen (secondary N) is 2. The number of benzene rings is 1. The first-order chi connectivity index (χ1) is 11.5. The number of rotatable bonds is 4. The fourth-order valence-corrected chi connectivity index (χ4v) is 4.06. The van der Waals surface area contributed by atoms with Crippen LogP contribution in [0.25, 0.3) is 0 Å². The molecule has 2 N–H and O–H groups in total. The predicted octanol–water partition coefficient (Wildman–Crippen LogP) is -0.674. The summed E-state index contributed by atoms with van der Waals surface area (Å²) in [4.78, 5) is 23.6. The molecule has 0 aromatic heterocycles. The van der Waals surface area contributed by atoms with Crippen molar-refractivity contribution in [3.8, 4) is 0 Å². The van der Waals surface area contributed by atoms with Crippen molar-refractivity contribution in [3.63, 3.8) is 0 Å². The molecule has 3 rings (SSSR count). The van der Waals surface area contributed by atoms with E-state index < -0.39 is 10.0 Å². The number of carbonyl (C=O) groups excluding carboxylic acids is 2. The van der Waals surface area contributed by atoms with Crippen LogP contribution in [0.15, 0.2) is 29.2 Å². The first kappa shape index (κ1) is 16.9. The highest BCUT2D eigenvalue weighted by molar-refractivity contribution is 7.89. The normalized spacial score (nSPS) is 22.2. The Hall–Kier alpha value is -1.97. The van der Waals surface area contributed by atoms with Crippen molar-refractivity contribution in [2.24, 2.45) is 0 Å². The number of nitrogens with zero attached hydrogens (tertiary/aromatic N) is 1. The summed E-state index contributed by atoms with van der Waals surface area (Å²) >= 11 is 0. The van der Waals surface area contributed by atoms with Gasteiger partial charge in [0.1, 0.15) is 0 Å². The third kappa shape index (κ3) is 3.58. The van der Waals surface area contributed by atoms with Crippen LogP contribution in [0.2, 0.25) is 0 Å². The molecule has 2 heterocycles. The zero-order chi connectivity index (χ0) is 17.2. The Labute approximate surface area is 140 Å². The number of carbonyl (C=O) groups is 2. The summed E-state index contributed by atoms with van der Waals surface area (Å²) in [6.07, 6.45) is 0.773. The summed E-state index contributed by atoms with van der Waals surface area (Å²) in [6.45, 7) is 1.47. The van der Waals surface area contributed by atoms with Gasteiger partial charge in [-0.3, -0.25) is 9.59 Å². The number of amides is 2. The largest absolute Gasteiger partial charge is 0.379 e. The second kappa shape index (κ2) is 6.88. The summed E-state index contributed by atoms with van der Waals surface area (Å²) in [5.41, 5.74) is 0.386. The lowest BCUT2D eigenvalue weighted by molar-refractivity contribution is -0.122. The van der Waals surface area contributed by atoms with E-state index in [4.69, 9.17) is 4.74 Å². The Bertz CT molecular complexity index is 726. The molecule has 0 bridgehead atoms. The van der Waals surface area contributed by atoms with Crippen LogP contribution in [0.4, 0.5) is 0 Å². The van der Waals surface area contributed by atoms with Crippen LogP contribution in [0, 0.1) is 0 Å². The smallest absolute Gasteiger partial charge is 0.251 e. The van der Waals surface area contributed by atoms with Crippen LogP contribution < -0.4 is 10.6 Å². The van der Waals surface area contributed by atoms with Crippen molar-refractivity contribution >= 4 is 21.8 Å². The van der Waals surface area contributed by atoms with Crippen molar-refractivity contribution < 1.29 is 22.7 Å². The molecule has 2 aliphatic heterocycles. The quantitative estimate of drug-likeness (QED) is 0.747. The Balaban J connectivity index is 1.71.